The maximum atomic E-state index is 13.0. The minimum atomic E-state index is -4.69. The van der Waals surface area contributed by atoms with Crippen molar-refractivity contribution in [2.75, 3.05) is 0 Å². The number of benzene rings is 1. The Hall–Kier alpha value is -1.76. The minimum absolute atomic E-state index is 0.225. The average molecular weight is 289 g/mol. The molecule has 0 aliphatic carbocycles. The van der Waals surface area contributed by atoms with Crippen molar-refractivity contribution in [2.24, 2.45) is 0 Å². The molecule has 0 spiro atoms. The Morgan fingerprint density at radius 3 is 2.63 bits per heavy atom. The zero-order valence-electron chi connectivity index (χ0n) is 9.37. The summed E-state index contributed by atoms with van der Waals surface area (Å²) in [6, 6.07) is 1.88. The molecule has 0 saturated carbocycles. The van der Waals surface area contributed by atoms with Crippen LogP contribution in [0, 0.1) is 5.82 Å². The highest BCUT2D eigenvalue weighted by Gasteiger charge is 2.35. The van der Waals surface area contributed by atoms with Crippen LogP contribution >= 0.6 is 11.3 Å². The van der Waals surface area contributed by atoms with Crippen molar-refractivity contribution in [2.45, 2.75) is 12.6 Å². The third-order valence-electron chi connectivity index (χ3n) is 2.41. The van der Waals surface area contributed by atoms with Gasteiger partial charge in [0.25, 0.3) is 0 Å². The fraction of sp³-hybridized carbons (Fsp3) is 0.167. The van der Waals surface area contributed by atoms with Gasteiger partial charge in [-0.25, -0.2) is 4.39 Å². The van der Waals surface area contributed by atoms with Gasteiger partial charge in [-0.2, -0.15) is 13.2 Å². The zero-order chi connectivity index (χ0) is 14.0. The molecule has 19 heavy (non-hydrogen) atoms. The Morgan fingerprint density at radius 2 is 2.05 bits per heavy atom. The lowest BCUT2D eigenvalue weighted by Gasteiger charge is -2.11. The molecule has 1 aromatic heterocycles. The summed E-state index contributed by atoms with van der Waals surface area (Å²) in [4.78, 5) is 16.1. The average Bonchev–Trinajstić information content (AvgIpc) is 2.80. The number of Topliss-reactive ketones (excluding diaryl/α,β-unsaturated/α-hetero) is 1. The second kappa shape index (κ2) is 5.08. The SMILES string of the molecule is O=C(Cc1cncs1)c1cc(F)ccc1C(F)(F)F. The van der Waals surface area contributed by atoms with Crippen molar-refractivity contribution in [3.8, 4) is 0 Å². The Balaban J connectivity index is 2.37. The van der Waals surface area contributed by atoms with Crippen LogP contribution in [0.1, 0.15) is 20.8 Å². The van der Waals surface area contributed by atoms with Gasteiger partial charge in [0.2, 0.25) is 0 Å². The number of carbonyl (C=O) groups excluding carboxylic acids is 1. The first kappa shape index (κ1) is 13.7. The number of hydrogen-bond acceptors (Lipinski definition) is 3. The number of rotatable bonds is 3. The minimum Gasteiger partial charge on any atom is -0.294 e. The summed E-state index contributed by atoms with van der Waals surface area (Å²) in [7, 11) is 0. The summed E-state index contributed by atoms with van der Waals surface area (Å²) in [5.41, 5.74) is -0.303. The van der Waals surface area contributed by atoms with Gasteiger partial charge in [0, 0.05) is 23.1 Å². The fourth-order valence-corrected chi connectivity index (χ4v) is 2.17. The summed E-state index contributed by atoms with van der Waals surface area (Å²) in [5.74, 6) is -1.66. The first-order valence-corrected chi connectivity index (χ1v) is 6.03. The molecule has 2 nitrogen and oxygen atoms in total. The maximum absolute atomic E-state index is 13.0. The number of alkyl halides is 3. The zero-order valence-corrected chi connectivity index (χ0v) is 10.2. The number of hydrogen-bond donors (Lipinski definition) is 0. The maximum Gasteiger partial charge on any atom is 0.417 e. The molecule has 0 amide bonds. The summed E-state index contributed by atoms with van der Waals surface area (Å²) in [6.07, 6.45) is -3.52. The van der Waals surface area contributed by atoms with Crippen molar-refractivity contribution in [1.82, 2.24) is 4.98 Å². The summed E-state index contributed by atoms with van der Waals surface area (Å²) in [5, 5.41) is 0. The van der Waals surface area contributed by atoms with E-state index in [1.807, 2.05) is 0 Å². The van der Waals surface area contributed by atoms with E-state index in [-0.39, 0.29) is 6.42 Å². The molecule has 0 N–H and O–H groups in total. The third kappa shape index (κ3) is 3.17. The smallest absolute Gasteiger partial charge is 0.294 e. The lowest BCUT2D eigenvalue weighted by atomic mass is 10.0. The van der Waals surface area contributed by atoms with Crippen LogP contribution in [0.15, 0.2) is 29.9 Å². The van der Waals surface area contributed by atoms with E-state index in [1.165, 1.54) is 11.7 Å². The highest BCUT2D eigenvalue weighted by molar-refractivity contribution is 7.09. The van der Waals surface area contributed by atoms with Crippen LogP contribution in [0.4, 0.5) is 17.6 Å². The molecule has 0 aliphatic rings. The molecular formula is C12H7F4NOS. The first-order chi connectivity index (χ1) is 8.88. The van der Waals surface area contributed by atoms with Gasteiger partial charge in [0.1, 0.15) is 5.82 Å². The van der Waals surface area contributed by atoms with Gasteiger partial charge in [-0.3, -0.25) is 9.78 Å². The number of carbonyl (C=O) groups is 1. The fourth-order valence-electron chi connectivity index (χ4n) is 1.58. The Labute approximate surface area is 109 Å². The highest BCUT2D eigenvalue weighted by Crippen LogP contribution is 2.33. The summed E-state index contributed by atoms with van der Waals surface area (Å²) in [6.45, 7) is 0. The highest BCUT2D eigenvalue weighted by atomic mass is 32.1. The van der Waals surface area contributed by atoms with Crippen molar-refractivity contribution >= 4 is 17.1 Å². The lowest BCUT2D eigenvalue weighted by Crippen LogP contribution is -2.14. The molecule has 0 fully saturated rings. The van der Waals surface area contributed by atoms with Crippen LogP contribution in [-0.4, -0.2) is 10.8 Å². The first-order valence-electron chi connectivity index (χ1n) is 5.15. The normalized spacial score (nSPS) is 11.6. The van der Waals surface area contributed by atoms with E-state index in [2.05, 4.69) is 4.98 Å². The molecule has 0 aliphatic heterocycles. The Kier molecular flexibility index (Phi) is 3.66. The molecule has 1 aromatic carbocycles. The van der Waals surface area contributed by atoms with Crippen LogP contribution in [0.2, 0.25) is 0 Å². The van der Waals surface area contributed by atoms with Crippen LogP contribution in [0.5, 0.6) is 0 Å². The van der Waals surface area contributed by atoms with Gasteiger partial charge in [-0.05, 0) is 18.2 Å². The van der Waals surface area contributed by atoms with Gasteiger partial charge in [0.15, 0.2) is 5.78 Å². The Bertz CT molecular complexity index is 592. The molecule has 2 rings (SSSR count). The molecule has 0 unspecified atom stereocenters. The molecule has 0 radical (unpaired) electrons. The Morgan fingerprint density at radius 1 is 1.32 bits per heavy atom. The van der Waals surface area contributed by atoms with Crippen LogP contribution < -0.4 is 0 Å². The van der Waals surface area contributed by atoms with Crippen LogP contribution in [-0.2, 0) is 12.6 Å². The van der Waals surface area contributed by atoms with E-state index in [0.29, 0.717) is 23.1 Å². The largest absolute Gasteiger partial charge is 0.417 e. The number of ketones is 1. The van der Waals surface area contributed by atoms with Gasteiger partial charge in [-0.1, -0.05) is 0 Å². The standard InChI is InChI=1S/C12H7F4NOS/c13-7-1-2-10(12(14,15)16)9(3-7)11(18)4-8-5-17-6-19-8/h1-3,5-6H,4H2. The predicted molar refractivity (Wildman–Crippen MR) is 61.6 cm³/mol. The van der Waals surface area contributed by atoms with Crippen molar-refractivity contribution in [3.05, 3.63) is 51.7 Å². The van der Waals surface area contributed by atoms with E-state index >= 15 is 0 Å². The molecule has 0 bridgehead atoms. The molecule has 2 aromatic rings. The number of thiazole rings is 1. The van der Waals surface area contributed by atoms with Gasteiger partial charge >= 0.3 is 6.18 Å². The predicted octanol–water partition coefficient (Wildman–Crippen LogP) is 3.73. The number of aromatic nitrogens is 1. The molecule has 100 valence electrons. The van der Waals surface area contributed by atoms with E-state index in [1.54, 1.807) is 0 Å². The summed E-state index contributed by atoms with van der Waals surface area (Å²) < 4.78 is 51.2. The topological polar surface area (TPSA) is 30.0 Å². The lowest BCUT2D eigenvalue weighted by molar-refractivity contribution is -0.137. The third-order valence-corrected chi connectivity index (χ3v) is 3.19. The summed E-state index contributed by atoms with van der Waals surface area (Å²) >= 11 is 1.16. The second-order valence-corrected chi connectivity index (χ2v) is 4.73. The van der Waals surface area contributed by atoms with Crippen molar-refractivity contribution in [3.63, 3.8) is 0 Å². The van der Waals surface area contributed by atoms with Crippen LogP contribution in [0.3, 0.4) is 0 Å². The van der Waals surface area contributed by atoms with E-state index in [0.717, 1.165) is 11.3 Å². The van der Waals surface area contributed by atoms with Gasteiger partial charge in [-0.15, -0.1) is 11.3 Å². The number of nitrogens with zero attached hydrogens (tertiary/aromatic N) is 1. The van der Waals surface area contributed by atoms with E-state index in [4.69, 9.17) is 0 Å². The second-order valence-electron chi connectivity index (χ2n) is 3.76. The van der Waals surface area contributed by atoms with Gasteiger partial charge < -0.3 is 0 Å². The van der Waals surface area contributed by atoms with Crippen molar-refractivity contribution in [1.29, 1.82) is 0 Å². The molecular weight excluding hydrogens is 282 g/mol. The quantitative estimate of drug-likeness (QED) is 0.636. The molecule has 1 heterocycles. The molecule has 7 heteroatoms. The van der Waals surface area contributed by atoms with Crippen molar-refractivity contribution < 1.29 is 22.4 Å². The number of halogens is 4. The van der Waals surface area contributed by atoms with Crippen LogP contribution in [0.25, 0.3) is 0 Å². The van der Waals surface area contributed by atoms with E-state index in [9.17, 15) is 22.4 Å². The molecule has 0 atom stereocenters. The van der Waals surface area contributed by atoms with E-state index < -0.39 is 28.9 Å². The monoisotopic (exact) mass is 289 g/mol. The molecule has 0 saturated heterocycles. The van der Waals surface area contributed by atoms with Gasteiger partial charge in [0.05, 0.1) is 11.1 Å².